The first kappa shape index (κ1) is 19.1. The zero-order valence-corrected chi connectivity index (χ0v) is 15.5. The van der Waals surface area contributed by atoms with Gasteiger partial charge in [-0.15, -0.1) is 0 Å². The molecule has 2 aromatic rings. The van der Waals surface area contributed by atoms with E-state index in [9.17, 15) is 0 Å². The standard InChI is InChI=1S/C20H29N3O2/c1-4-23(5-2)13-14-25-18-11-10-17(15-19(18)24-6-3)16-22-20-9-7-8-12-21-20/h7-12,15H,4-6,13-14,16H2,1-3H3,(H,21,22). The number of benzene rings is 1. The van der Waals surface area contributed by atoms with E-state index in [2.05, 4.69) is 35.1 Å². The predicted molar refractivity (Wildman–Crippen MR) is 102 cm³/mol. The van der Waals surface area contributed by atoms with Gasteiger partial charge in [0.2, 0.25) is 0 Å². The van der Waals surface area contributed by atoms with Crippen molar-refractivity contribution in [1.29, 1.82) is 0 Å². The topological polar surface area (TPSA) is 46.6 Å². The Kier molecular flexibility index (Phi) is 8.05. The molecule has 1 N–H and O–H groups in total. The van der Waals surface area contributed by atoms with Crippen LogP contribution >= 0.6 is 0 Å². The minimum absolute atomic E-state index is 0.615. The molecule has 0 bridgehead atoms. The van der Waals surface area contributed by atoms with Gasteiger partial charge in [-0.2, -0.15) is 0 Å². The summed E-state index contributed by atoms with van der Waals surface area (Å²) in [5.74, 6) is 2.46. The number of hydrogen-bond acceptors (Lipinski definition) is 5. The van der Waals surface area contributed by atoms with Gasteiger partial charge in [-0.3, -0.25) is 0 Å². The average molecular weight is 343 g/mol. The van der Waals surface area contributed by atoms with Gasteiger partial charge in [0.15, 0.2) is 11.5 Å². The summed E-state index contributed by atoms with van der Waals surface area (Å²) in [5, 5.41) is 3.31. The minimum Gasteiger partial charge on any atom is -0.490 e. The normalized spacial score (nSPS) is 10.7. The summed E-state index contributed by atoms with van der Waals surface area (Å²) in [7, 11) is 0. The van der Waals surface area contributed by atoms with Gasteiger partial charge >= 0.3 is 0 Å². The molecule has 0 amide bonds. The molecule has 0 saturated heterocycles. The average Bonchev–Trinajstić information content (AvgIpc) is 2.66. The molecule has 0 aliphatic carbocycles. The Hall–Kier alpha value is -2.27. The zero-order chi connectivity index (χ0) is 17.9. The fourth-order valence-electron chi connectivity index (χ4n) is 2.53. The lowest BCUT2D eigenvalue weighted by atomic mass is 10.2. The summed E-state index contributed by atoms with van der Waals surface area (Å²) in [6.07, 6.45) is 1.78. The van der Waals surface area contributed by atoms with Gasteiger partial charge in [-0.25, -0.2) is 4.98 Å². The molecular weight excluding hydrogens is 314 g/mol. The summed E-state index contributed by atoms with van der Waals surface area (Å²) in [4.78, 5) is 6.61. The van der Waals surface area contributed by atoms with Gasteiger partial charge in [-0.05, 0) is 49.8 Å². The third-order valence-corrected chi connectivity index (χ3v) is 4.01. The molecule has 5 nitrogen and oxygen atoms in total. The molecule has 0 radical (unpaired) electrons. The molecule has 1 heterocycles. The maximum atomic E-state index is 5.94. The highest BCUT2D eigenvalue weighted by atomic mass is 16.5. The van der Waals surface area contributed by atoms with Crippen molar-refractivity contribution in [3.63, 3.8) is 0 Å². The first-order chi connectivity index (χ1) is 12.3. The fourth-order valence-corrected chi connectivity index (χ4v) is 2.53. The van der Waals surface area contributed by atoms with E-state index in [0.717, 1.165) is 42.5 Å². The molecular formula is C20H29N3O2. The van der Waals surface area contributed by atoms with Gasteiger partial charge in [0.1, 0.15) is 12.4 Å². The Bertz CT molecular complexity index is 616. The quantitative estimate of drug-likeness (QED) is 0.672. The van der Waals surface area contributed by atoms with Crippen LogP contribution in [0.25, 0.3) is 0 Å². The first-order valence-electron chi connectivity index (χ1n) is 9.02. The lowest BCUT2D eigenvalue weighted by Gasteiger charge is -2.19. The molecule has 1 aromatic heterocycles. The highest BCUT2D eigenvalue weighted by molar-refractivity contribution is 5.44. The molecule has 0 saturated carbocycles. The van der Waals surface area contributed by atoms with Crippen LogP contribution in [0.2, 0.25) is 0 Å². The van der Waals surface area contributed by atoms with Crippen LogP contribution in [0.4, 0.5) is 5.82 Å². The van der Waals surface area contributed by atoms with Gasteiger partial charge in [-0.1, -0.05) is 26.0 Å². The molecule has 0 spiro atoms. The number of ether oxygens (including phenoxy) is 2. The Morgan fingerprint density at radius 3 is 2.52 bits per heavy atom. The smallest absolute Gasteiger partial charge is 0.161 e. The van der Waals surface area contributed by atoms with Crippen molar-refractivity contribution in [3.8, 4) is 11.5 Å². The van der Waals surface area contributed by atoms with Gasteiger partial charge in [0.05, 0.1) is 6.61 Å². The molecule has 0 atom stereocenters. The van der Waals surface area contributed by atoms with Crippen LogP contribution in [0.3, 0.4) is 0 Å². The van der Waals surface area contributed by atoms with Crippen molar-refractivity contribution >= 4 is 5.82 Å². The lowest BCUT2D eigenvalue weighted by Crippen LogP contribution is -2.28. The van der Waals surface area contributed by atoms with E-state index < -0.39 is 0 Å². The van der Waals surface area contributed by atoms with Crippen molar-refractivity contribution < 1.29 is 9.47 Å². The summed E-state index contributed by atoms with van der Waals surface area (Å²) in [6, 6.07) is 11.9. The monoisotopic (exact) mass is 343 g/mol. The molecule has 0 fully saturated rings. The minimum atomic E-state index is 0.615. The molecule has 5 heteroatoms. The van der Waals surface area contributed by atoms with Crippen molar-refractivity contribution in [2.45, 2.75) is 27.3 Å². The second-order valence-electron chi connectivity index (χ2n) is 5.66. The number of hydrogen-bond donors (Lipinski definition) is 1. The molecule has 136 valence electrons. The zero-order valence-electron chi connectivity index (χ0n) is 15.5. The molecule has 0 unspecified atom stereocenters. The summed E-state index contributed by atoms with van der Waals surface area (Å²) in [6.45, 7) is 11.3. The third kappa shape index (κ3) is 6.27. The van der Waals surface area contributed by atoms with E-state index in [1.54, 1.807) is 6.20 Å². The van der Waals surface area contributed by atoms with E-state index in [0.29, 0.717) is 19.8 Å². The molecule has 0 aliphatic heterocycles. The van der Waals surface area contributed by atoms with E-state index >= 15 is 0 Å². The number of anilines is 1. The Balaban J connectivity index is 1.96. The summed E-state index contributed by atoms with van der Waals surface area (Å²) in [5.41, 5.74) is 1.13. The van der Waals surface area contributed by atoms with Gasteiger partial charge < -0.3 is 19.7 Å². The molecule has 2 rings (SSSR count). The Morgan fingerprint density at radius 1 is 1.00 bits per heavy atom. The van der Waals surface area contributed by atoms with Crippen molar-refractivity contribution in [2.75, 3.05) is 38.2 Å². The van der Waals surface area contributed by atoms with Crippen LogP contribution in [-0.4, -0.2) is 42.7 Å². The fraction of sp³-hybridized carbons (Fsp3) is 0.450. The second kappa shape index (κ2) is 10.6. The Morgan fingerprint density at radius 2 is 1.84 bits per heavy atom. The van der Waals surface area contributed by atoms with Crippen LogP contribution in [-0.2, 0) is 6.54 Å². The number of nitrogens with zero attached hydrogens (tertiary/aromatic N) is 2. The van der Waals surface area contributed by atoms with E-state index in [-0.39, 0.29) is 0 Å². The number of rotatable bonds is 11. The van der Waals surface area contributed by atoms with E-state index in [1.807, 2.05) is 37.3 Å². The van der Waals surface area contributed by atoms with E-state index in [4.69, 9.17) is 9.47 Å². The third-order valence-electron chi connectivity index (χ3n) is 4.01. The Labute approximate surface area is 151 Å². The van der Waals surface area contributed by atoms with Crippen LogP contribution in [0.5, 0.6) is 11.5 Å². The van der Waals surface area contributed by atoms with Crippen LogP contribution in [0.1, 0.15) is 26.3 Å². The highest BCUT2D eigenvalue weighted by Crippen LogP contribution is 2.28. The molecule has 1 aromatic carbocycles. The van der Waals surface area contributed by atoms with Crippen LogP contribution in [0, 0.1) is 0 Å². The SMILES string of the molecule is CCOc1cc(CNc2ccccn2)ccc1OCCN(CC)CC. The van der Waals surface area contributed by atoms with Crippen molar-refractivity contribution in [3.05, 3.63) is 48.2 Å². The maximum Gasteiger partial charge on any atom is 0.161 e. The number of pyridine rings is 1. The predicted octanol–water partition coefficient (Wildman–Crippen LogP) is 3.81. The van der Waals surface area contributed by atoms with Crippen molar-refractivity contribution in [2.24, 2.45) is 0 Å². The number of aromatic nitrogens is 1. The maximum absolute atomic E-state index is 5.94. The second-order valence-corrected chi connectivity index (χ2v) is 5.66. The van der Waals surface area contributed by atoms with Crippen LogP contribution < -0.4 is 14.8 Å². The van der Waals surface area contributed by atoms with Crippen LogP contribution in [0.15, 0.2) is 42.6 Å². The first-order valence-corrected chi connectivity index (χ1v) is 9.02. The number of nitrogens with one attached hydrogen (secondary N) is 1. The molecule has 0 aliphatic rings. The van der Waals surface area contributed by atoms with Crippen molar-refractivity contribution in [1.82, 2.24) is 9.88 Å². The lowest BCUT2D eigenvalue weighted by molar-refractivity contribution is 0.214. The number of likely N-dealkylation sites (N-methyl/N-ethyl adjacent to an activating group) is 1. The summed E-state index contributed by atoms with van der Waals surface area (Å²) < 4.78 is 11.7. The molecule has 25 heavy (non-hydrogen) atoms. The largest absolute Gasteiger partial charge is 0.490 e. The summed E-state index contributed by atoms with van der Waals surface area (Å²) >= 11 is 0. The van der Waals surface area contributed by atoms with E-state index in [1.165, 1.54) is 0 Å². The van der Waals surface area contributed by atoms with Gasteiger partial charge in [0, 0.05) is 19.3 Å². The highest BCUT2D eigenvalue weighted by Gasteiger charge is 2.08. The van der Waals surface area contributed by atoms with Gasteiger partial charge in [0.25, 0.3) is 0 Å².